The zero-order valence-corrected chi connectivity index (χ0v) is 12.9. The molecule has 0 amide bonds. The van der Waals surface area contributed by atoms with Gasteiger partial charge in [-0.15, -0.1) is 0 Å². The van der Waals surface area contributed by atoms with Crippen LogP contribution in [0.5, 0.6) is 0 Å². The molecule has 4 heteroatoms. The molecule has 1 N–H and O–H groups in total. The maximum atomic E-state index is 11.5. The van der Waals surface area contributed by atoms with E-state index in [2.05, 4.69) is 26.1 Å². The van der Waals surface area contributed by atoms with E-state index in [-0.39, 0.29) is 18.1 Å². The van der Waals surface area contributed by atoms with Crippen LogP contribution in [-0.4, -0.2) is 38.9 Å². The quantitative estimate of drug-likeness (QED) is 0.753. The summed E-state index contributed by atoms with van der Waals surface area (Å²) in [5, 5.41) is 2.95. The molecule has 0 spiro atoms. The first-order valence-electron chi connectivity index (χ1n) is 7.36. The Kier molecular flexibility index (Phi) is 6.80. The number of methoxy groups -OCH3 is 1. The van der Waals surface area contributed by atoms with Gasteiger partial charge in [0.1, 0.15) is 6.04 Å². The van der Waals surface area contributed by atoms with Crippen LogP contribution in [-0.2, 0) is 14.3 Å². The van der Waals surface area contributed by atoms with Crippen LogP contribution in [0.4, 0.5) is 0 Å². The molecule has 4 unspecified atom stereocenters. The minimum absolute atomic E-state index is 0.257. The summed E-state index contributed by atoms with van der Waals surface area (Å²) in [6.45, 7) is 7.19. The van der Waals surface area contributed by atoms with Crippen molar-refractivity contribution >= 4 is 5.97 Å². The third kappa shape index (κ3) is 4.77. The standard InChI is InChI=1S/C15H29NO3/c1-10(2)12-7-6-11(3)8-14(12)19-9-13(16-4)15(17)18-5/h10-14,16H,6-9H2,1-5H3. The minimum Gasteiger partial charge on any atom is -0.468 e. The lowest BCUT2D eigenvalue weighted by Crippen LogP contribution is -2.42. The first kappa shape index (κ1) is 16.4. The van der Waals surface area contributed by atoms with E-state index in [9.17, 15) is 4.79 Å². The molecule has 1 saturated carbocycles. The Morgan fingerprint density at radius 3 is 2.58 bits per heavy atom. The molecular weight excluding hydrogens is 242 g/mol. The molecule has 0 aliphatic heterocycles. The van der Waals surface area contributed by atoms with Crippen LogP contribution < -0.4 is 5.32 Å². The van der Waals surface area contributed by atoms with E-state index in [1.807, 2.05) is 0 Å². The number of hydrogen-bond donors (Lipinski definition) is 1. The number of carbonyl (C=O) groups is 1. The predicted molar refractivity (Wildman–Crippen MR) is 75.9 cm³/mol. The number of ether oxygens (including phenoxy) is 2. The molecule has 1 fully saturated rings. The van der Waals surface area contributed by atoms with Crippen molar-refractivity contribution in [1.29, 1.82) is 0 Å². The third-order valence-corrected chi connectivity index (χ3v) is 4.27. The summed E-state index contributed by atoms with van der Waals surface area (Å²) in [5.41, 5.74) is 0. The fraction of sp³-hybridized carbons (Fsp3) is 0.933. The van der Waals surface area contributed by atoms with Gasteiger partial charge in [0.15, 0.2) is 0 Å². The molecule has 0 aromatic rings. The van der Waals surface area contributed by atoms with Gasteiger partial charge in [-0.25, -0.2) is 0 Å². The molecule has 0 bridgehead atoms. The normalized spacial score (nSPS) is 29.3. The molecule has 0 saturated heterocycles. The van der Waals surface area contributed by atoms with Crippen LogP contribution in [0.1, 0.15) is 40.0 Å². The summed E-state index contributed by atoms with van der Waals surface area (Å²) in [6, 6.07) is -0.366. The van der Waals surface area contributed by atoms with E-state index in [4.69, 9.17) is 9.47 Å². The van der Waals surface area contributed by atoms with Crippen molar-refractivity contribution in [3.8, 4) is 0 Å². The second kappa shape index (κ2) is 7.85. The van der Waals surface area contributed by atoms with Crippen LogP contribution in [0.3, 0.4) is 0 Å². The maximum absolute atomic E-state index is 11.5. The topological polar surface area (TPSA) is 47.6 Å². The fourth-order valence-electron chi connectivity index (χ4n) is 2.94. The first-order valence-corrected chi connectivity index (χ1v) is 7.36. The smallest absolute Gasteiger partial charge is 0.325 e. The zero-order valence-electron chi connectivity index (χ0n) is 12.9. The van der Waals surface area contributed by atoms with Crippen molar-refractivity contribution in [3.63, 3.8) is 0 Å². The van der Waals surface area contributed by atoms with Gasteiger partial charge in [0.2, 0.25) is 0 Å². The zero-order chi connectivity index (χ0) is 14.4. The van der Waals surface area contributed by atoms with Gasteiger partial charge >= 0.3 is 5.97 Å². The van der Waals surface area contributed by atoms with E-state index < -0.39 is 0 Å². The Morgan fingerprint density at radius 1 is 1.37 bits per heavy atom. The Balaban J connectivity index is 2.54. The number of rotatable bonds is 6. The van der Waals surface area contributed by atoms with E-state index in [1.165, 1.54) is 20.0 Å². The van der Waals surface area contributed by atoms with Crippen LogP contribution >= 0.6 is 0 Å². The van der Waals surface area contributed by atoms with Crippen molar-refractivity contribution in [2.45, 2.75) is 52.2 Å². The summed E-state index contributed by atoms with van der Waals surface area (Å²) < 4.78 is 10.8. The van der Waals surface area contributed by atoms with Crippen LogP contribution in [0.25, 0.3) is 0 Å². The van der Waals surface area contributed by atoms with Gasteiger partial charge in [-0.2, -0.15) is 0 Å². The van der Waals surface area contributed by atoms with Gasteiger partial charge in [-0.1, -0.05) is 27.2 Å². The summed E-state index contributed by atoms with van der Waals surface area (Å²) >= 11 is 0. The lowest BCUT2D eigenvalue weighted by atomic mass is 9.75. The number of likely N-dealkylation sites (N-methyl/N-ethyl adjacent to an activating group) is 1. The molecule has 0 heterocycles. The third-order valence-electron chi connectivity index (χ3n) is 4.27. The second-order valence-corrected chi connectivity index (χ2v) is 6.06. The summed E-state index contributed by atoms with van der Waals surface area (Å²) in [5.74, 6) is 1.69. The largest absolute Gasteiger partial charge is 0.468 e. The highest BCUT2D eigenvalue weighted by atomic mass is 16.5. The SMILES string of the molecule is CNC(COC1CC(C)CCC1C(C)C)C(=O)OC. The Bertz CT molecular complexity index is 281. The lowest BCUT2D eigenvalue weighted by Gasteiger charge is -2.37. The van der Waals surface area contributed by atoms with Gasteiger partial charge in [-0.3, -0.25) is 4.79 Å². The molecule has 0 aromatic carbocycles. The van der Waals surface area contributed by atoms with Crippen molar-refractivity contribution in [2.75, 3.05) is 20.8 Å². The number of nitrogens with one attached hydrogen (secondary N) is 1. The van der Waals surface area contributed by atoms with E-state index in [0.717, 1.165) is 6.42 Å². The van der Waals surface area contributed by atoms with Crippen molar-refractivity contribution in [1.82, 2.24) is 5.32 Å². The highest BCUT2D eigenvalue weighted by Gasteiger charge is 2.32. The van der Waals surface area contributed by atoms with Crippen LogP contribution in [0.2, 0.25) is 0 Å². The van der Waals surface area contributed by atoms with E-state index in [0.29, 0.717) is 24.4 Å². The molecule has 112 valence electrons. The fourth-order valence-corrected chi connectivity index (χ4v) is 2.94. The maximum Gasteiger partial charge on any atom is 0.325 e. The van der Waals surface area contributed by atoms with Crippen LogP contribution in [0.15, 0.2) is 0 Å². The van der Waals surface area contributed by atoms with Gasteiger partial charge in [-0.05, 0) is 37.6 Å². The molecule has 4 atom stereocenters. The summed E-state index contributed by atoms with van der Waals surface area (Å²) in [7, 11) is 3.17. The molecular formula is C15H29NO3. The van der Waals surface area contributed by atoms with E-state index in [1.54, 1.807) is 7.05 Å². The van der Waals surface area contributed by atoms with Crippen LogP contribution in [0, 0.1) is 17.8 Å². The monoisotopic (exact) mass is 271 g/mol. The number of carbonyl (C=O) groups excluding carboxylic acids is 1. The lowest BCUT2D eigenvalue weighted by molar-refractivity contribution is -0.146. The molecule has 0 aromatic heterocycles. The minimum atomic E-state index is -0.366. The average molecular weight is 271 g/mol. The Hall–Kier alpha value is -0.610. The van der Waals surface area contributed by atoms with Gasteiger partial charge < -0.3 is 14.8 Å². The van der Waals surface area contributed by atoms with Crippen molar-refractivity contribution in [2.24, 2.45) is 17.8 Å². The second-order valence-electron chi connectivity index (χ2n) is 6.06. The van der Waals surface area contributed by atoms with Gasteiger partial charge in [0.25, 0.3) is 0 Å². The van der Waals surface area contributed by atoms with Gasteiger partial charge in [0, 0.05) is 0 Å². The Labute approximate surface area is 117 Å². The summed E-state index contributed by atoms with van der Waals surface area (Å²) in [4.78, 5) is 11.5. The summed E-state index contributed by atoms with van der Waals surface area (Å²) in [6.07, 6.45) is 3.88. The molecule has 4 nitrogen and oxygen atoms in total. The molecule has 19 heavy (non-hydrogen) atoms. The number of esters is 1. The molecule has 0 radical (unpaired) electrons. The van der Waals surface area contributed by atoms with E-state index >= 15 is 0 Å². The average Bonchev–Trinajstić information content (AvgIpc) is 2.38. The van der Waals surface area contributed by atoms with Crippen molar-refractivity contribution in [3.05, 3.63) is 0 Å². The van der Waals surface area contributed by atoms with Gasteiger partial charge in [0.05, 0.1) is 19.8 Å². The molecule has 1 rings (SSSR count). The van der Waals surface area contributed by atoms with Crippen molar-refractivity contribution < 1.29 is 14.3 Å². The molecule has 1 aliphatic carbocycles. The Morgan fingerprint density at radius 2 is 2.05 bits per heavy atom. The molecule has 1 aliphatic rings. The first-order chi connectivity index (χ1) is 8.99. The highest BCUT2D eigenvalue weighted by Crippen LogP contribution is 2.35. The predicted octanol–water partition coefficient (Wildman–Crippen LogP) is 2.22. The highest BCUT2D eigenvalue weighted by molar-refractivity contribution is 5.75. The number of hydrogen-bond acceptors (Lipinski definition) is 4.